The fourth-order valence-electron chi connectivity index (χ4n) is 2.13. The minimum absolute atomic E-state index is 0.0220. The van der Waals surface area contributed by atoms with E-state index in [-0.39, 0.29) is 11.9 Å². The highest BCUT2D eigenvalue weighted by molar-refractivity contribution is 5.78. The van der Waals surface area contributed by atoms with Gasteiger partial charge in [0.05, 0.1) is 5.92 Å². The number of ether oxygens (including phenoxy) is 1. The van der Waals surface area contributed by atoms with Crippen LogP contribution in [-0.2, 0) is 11.2 Å². The van der Waals surface area contributed by atoms with Crippen molar-refractivity contribution in [3.8, 4) is 5.75 Å². The smallest absolute Gasteiger partial charge is 0.314 e. The maximum atomic E-state index is 11.6. The van der Waals surface area contributed by atoms with E-state index in [0.717, 1.165) is 12.2 Å². The first kappa shape index (κ1) is 8.04. The molecule has 1 aliphatic heterocycles. The lowest BCUT2D eigenvalue weighted by atomic mass is 9.92. The molecule has 2 heteroatoms. The molecule has 2 nitrogen and oxygen atoms in total. The summed E-state index contributed by atoms with van der Waals surface area (Å²) < 4.78 is 5.31. The van der Waals surface area contributed by atoms with Crippen LogP contribution in [0.4, 0.5) is 0 Å². The lowest BCUT2D eigenvalue weighted by Crippen LogP contribution is -2.28. The van der Waals surface area contributed by atoms with Crippen LogP contribution in [0.2, 0.25) is 0 Å². The molecule has 0 spiro atoms. The third kappa shape index (κ3) is 1.22. The Labute approximate surface area is 82.9 Å². The molecular weight excluding hydrogens is 176 g/mol. The van der Waals surface area contributed by atoms with Crippen molar-refractivity contribution in [2.24, 2.45) is 11.8 Å². The molecule has 1 fully saturated rings. The number of carbonyl (C=O) groups excluding carboxylic acids is 1. The molecule has 3 rings (SSSR count). The molecule has 0 saturated heterocycles. The SMILES string of the molecule is O=C1Oc2ccccc2C[C@H]1C1CC1. The molecule has 0 radical (unpaired) electrons. The van der Waals surface area contributed by atoms with Crippen molar-refractivity contribution in [1.29, 1.82) is 0 Å². The largest absolute Gasteiger partial charge is 0.426 e. The monoisotopic (exact) mass is 188 g/mol. The van der Waals surface area contributed by atoms with Crippen LogP contribution in [0.3, 0.4) is 0 Å². The topological polar surface area (TPSA) is 26.3 Å². The third-order valence-corrected chi connectivity index (χ3v) is 3.12. The quantitative estimate of drug-likeness (QED) is 0.498. The highest BCUT2D eigenvalue weighted by atomic mass is 16.5. The molecule has 1 aliphatic carbocycles. The number of hydrogen-bond acceptors (Lipinski definition) is 2. The molecule has 0 aromatic heterocycles. The zero-order valence-corrected chi connectivity index (χ0v) is 7.90. The molecule has 0 amide bonds. The Morgan fingerprint density at radius 3 is 2.79 bits per heavy atom. The van der Waals surface area contributed by atoms with Gasteiger partial charge >= 0.3 is 5.97 Å². The molecule has 1 atom stereocenters. The fraction of sp³-hybridized carbons (Fsp3) is 0.417. The van der Waals surface area contributed by atoms with E-state index in [2.05, 4.69) is 6.07 Å². The van der Waals surface area contributed by atoms with Crippen molar-refractivity contribution in [2.75, 3.05) is 0 Å². The Morgan fingerprint density at radius 2 is 2.00 bits per heavy atom. The van der Waals surface area contributed by atoms with Gasteiger partial charge in [0, 0.05) is 0 Å². The van der Waals surface area contributed by atoms with Crippen LogP contribution in [0.25, 0.3) is 0 Å². The molecule has 14 heavy (non-hydrogen) atoms. The third-order valence-electron chi connectivity index (χ3n) is 3.12. The first-order valence-electron chi connectivity index (χ1n) is 5.14. The summed E-state index contributed by atoms with van der Waals surface area (Å²) in [5.41, 5.74) is 1.18. The minimum atomic E-state index is -0.0220. The summed E-state index contributed by atoms with van der Waals surface area (Å²) in [6.07, 6.45) is 3.27. The van der Waals surface area contributed by atoms with E-state index in [9.17, 15) is 4.79 Å². The van der Waals surface area contributed by atoms with E-state index in [1.54, 1.807) is 0 Å². The second-order valence-corrected chi connectivity index (χ2v) is 4.18. The van der Waals surface area contributed by atoms with E-state index >= 15 is 0 Å². The first-order chi connectivity index (χ1) is 6.84. The summed E-state index contributed by atoms with van der Waals surface area (Å²) in [5.74, 6) is 1.46. The van der Waals surface area contributed by atoms with E-state index in [1.807, 2.05) is 18.2 Å². The van der Waals surface area contributed by atoms with Crippen molar-refractivity contribution >= 4 is 5.97 Å². The molecule has 0 N–H and O–H groups in total. The Morgan fingerprint density at radius 1 is 1.21 bits per heavy atom. The van der Waals surface area contributed by atoms with Gasteiger partial charge in [0.25, 0.3) is 0 Å². The Bertz CT molecular complexity index is 380. The van der Waals surface area contributed by atoms with Gasteiger partial charge in [-0.3, -0.25) is 4.79 Å². The van der Waals surface area contributed by atoms with Gasteiger partial charge in [-0.15, -0.1) is 0 Å². The minimum Gasteiger partial charge on any atom is -0.426 e. The van der Waals surface area contributed by atoms with Crippen LogP contribution in [-0.4, -0.2) is 5.97 Å². The Balaban J connectivity index is 1.94. The molecule has 1 saturated carbocycles. The summed E-state index contributed by atoms with van der Waals surface area (Å²) in [7, 11) is 0. The summed E-state index contributed by atoms with van der Waals surface area (Å²) in [6.45, 7) is 0. The zero-order valence-electron chi connectivity index (χ0n) is 7.90. The summed E-state index contributed by atoms with van der Waals surface area (Å²) in [6, 6.07) is 7.83. The van der Waals surface area contributed by atoms with Crippen LogP contribution >= 0.6 is 0 Å². The maximum absolute atomic E-state index is 11.6. The Hall–Kier alpha value is -1.31. The highest BCUT2D eigenvalue weighted by Crippen LogP contribution is 2.42. The molecule has 1 aromatic carbocycles. The number of carbonyl (C=O) groups is 1. The number of rotatable bonds is 1. The standard InChI is InChI=1S/C12H12O2/c13-12-10(8-5-6-8)7-9-3-1-2-4-11(9)14-12/h1-4,8,10H,5-7H2/t10-/m0/s1. The van der Waals surface area contributed by atoms with Crippen LogP contribution < -0.4 is 4.74 Å². The van der Waals surface area contributed by atoms with Crippen LogP contribution in [0, 0.1) is 11.8 Å². The van der Waals surface area contributed by atoms with Crippen molar-refractivity contribution in [3.05, 3.63) is 29.8 Å². The number of benzene rings is 1. The zero-order chi connectivity index (χ0) is 9.54. The van der Waals surface area contributed by atoms with E-state index in [0.29, 0.717) is 5.92 Å². The van der Waals surface area contributed by atoms with Crippen LogP contribution in [0.1, 0.15) is 18.4 Å². The number of fused-ring (bicyclic) bond motifs is 1. The summed E-state index contributed by atoms with van der Waals surface area (Å²) in [5, 5.41) is 0. The lowest BCUT2D eigenvalue weighted by molar-refractivity contribution is -0.140. The molecule has 72 valence electrons. The Kier molecular flexibility index (Phi) is 1.63. The average molecular weight is 188 g/mol. The van der Waals surface area contributed by atoms with Crippen LogP contribution in [0.5, 0.6) is 5.75 Å². The van der Waals surface area contributed by atoms with Crippen molar-refractivity contribution < 1.29 is 9.53 Å². The summed E-state index contributed by atoms with van der Waals surface area (Å²) >= 11 is 0. The molecule has 1 heterocycles. The second-order valence-electron chi connectivity index (χ2n) is 4.18. The molecule has 0 bridgehead atoms. The van der Waals surface area contributed by atoms with Gasteiger partial charge in [-0.05, 0) is 36.8 Å². The van der Waals surface area contributed by atoms with Gasteiger partial charge in [0.2, 0.25) is 0 Å². The second kappa shape index (κ2) is 2.84. The van der Waals surface area contributed by atoms with Gasteiger partial charge < -0.3 is 4.74 Å². The van der Waals surface area contributed by atoms with E-state index < -0.39 is 0 Å². The van der Waals surface area contributed by atoms with Crippen molar-refractivity contribution in [2.45, 2.75) is 19.3 Å². The lowest BCUT2D eigenvalue weighted by Gasteiger charge is -2.22. The average Bonchev–Trinajstić information content (AvgIpc) is 3.00. The van der Waals surface area contributed by atoms with Gasteiger partial charge in [-0.25, -0.2) is 0 Å². The van der Waals surface area contributed by atoms with Gasteiger partial charge in [-0.2, -0.15) is 0 Å². The number of para-hydroxylation sites is 1. The predicted octanol–water partition coefficient (Wildman–Crippen LogP) is 2.17. The molecule has 1 aromatic rings. The van der Waals surface area contributed by atoms with E-state index in [1.165, 1.54) is 18.4 Å². The van der Waals surface area contributed by atoms with Crippen molar-refractivity contribution in [3.63, 3.8) is 0 Å². The molecular formula is C12H12O2. The van der Waals surface area contributed by atoms with Gasteiger partial charge in [0.1, 0.15) is 5.75 Å². The van der Waals surface area contributed by atoms with Crippen LogP contribution in [0.15, 0.2) is 24.3 Å². The maximum Gasteiger partial charge on any atom is 0.314 e. The van der Waals surface area contributed by atoms with E-state index in [4.69, 9.17) is 4.74 Å². The molecule has 0 unspecified atom stereocenters. The normalized spacial score (nSPS) is 25.4. The van der Waals surface area contributed by atoms with Crippen molar-refractivity contribution in [1.82, 2.24) is 0 Å². The first-order valence-corrected chi connectivity index (χ1v) is 5.14. The number of esters is 1. The van der Waals surface area contributed by atoms with Gasteiger partial charge in [0.15, 0.2) is 0 Å². The van der Waals surface area contributed by atoms with Gasteiger partial charge in [-0.1, -0.05) is 18.2 Å². The highest BCUT2D eigenvalue weighted by Gasteiger charge is 2.40. The fourth-order valence-corrected chi connectivity index (χ4v) is 2.13. The molecule has 2 aliphatic rings. The summed E-state index contributed by atoms with van der Waals surface area (Å²) in [4.78, 5) is 11.6. The predicted molar refractivity (Wildman–Crippen MR) is 52.0 cm³/mol. The number of hydrogen-bond donors (Lipinski definition) is 0.